The van der Waals surface area contributed by atoms with Crippen LogP contribution in [0.4, 0.5) is 4.39 Å². The van der Waals surface area contributed by atoms with Gasteiger partial charge in [0.2, 0.25) is 5.91 Å². The quantitative estimate of drug-likeness (QED) is 0.282. The summed E-state index contributed by atoms with van der Waals surface area (Å²) < 4.78 is 26.5. The maximum atomic E-state index is 14.6. The first kappa shape index (κ1) is 32.1. The summed E-state index contributed by atoms with van der Waals surface area (Å²) in [5.74, 6) is 1.01. The molecule has 0 spiro atoms. The monoisotopic (exact) mass is 613 g/mol. The van der Waals surface area contributed by atoms with Crippen molar-refractivity contribution in [3.05, 3.63) is 58.4 Å². The number of carbonyl (C=O) groups excluding carboxylic acids is 1. The number of benzene rings is 2. The van der Waals surface area contributed by atoms with E-state index in [0.29, 0.717) is 31.3 Å². The number of hydrogen-bond donors (Lipinski definition) is 0. The first-order valence-corrected chi connectivity index (χ1v) is 16.9. The summed E-state index contributed by atoms with van der Waals surface area (Å²) in [7, 11) is 0. The standard InChI is InChI=1S/C35H49ClFN3O3/c1-3-42-32-13-12-27(24-33(32)43-4-2)35(17-23-38-21-14-28(15-22-38)39-18-6-5-7-19-39)16-9-20-40(26-35)34(41)25-29-30(36)10-8-11-31(29)37/h8,10-13,24,28H,3-7,9,14-23,25-26H2,1-2H3. The van der Waals surface area contributed by atoms with Gasteiger partial charge in [0.1, 0.15) is 5.82 Å². The lowest BCUT2D eigenvalue weighted by Gasteiger charge is -2.45. The number of rotatable bonds is 11. The van der Waals surface area contributed by atoms with Crippen LogP contribution in [-0.4, -0.2) is 85.7 Å². The van der Waals surface area contributed by atoms with E-state index in [1.165, 1.54) is 56.8 Å². The molecule has 2 aromatic carbocycles. The number of amides is 1. The highest BCUT2D eigenvalue weighted by Gasteiger charge is 2.40. The minimum absolute atomic E-state index is 0.0287. The number of likely N-dealkylation sites (tertiary alicyclic amines) is 3. The van der Waals surface area contributed by atoms with Crippen molar-refractivity contribution >= 4 is 17.5 Å². The van der Waals surface area contributed by atoms with E-state index in [1.807, 2.05) is 24.8 Å². The van der Waals surface area contributed by atoms with E-state index >= 15 is 0 Å². The molecule has 5 rings (SSSR count). The fraction of sp³-hybridized carbons (Fsp3) is 0.629. The van der Waals surface area contributed by atoms with Crippen LogP contribution in [0.2, 0.25) is 5.02 Å². The van der Waals surface area contributed by atoms with Gasteiger partial charge in [-0.3, -0.25) is 4.79 Å². The molecule has 3 heterocycles. The van der Waals surface area contributed by atoms with Crippen molar-refractivity contribution in [3.63, 3.8) is 0 Å². The highest BCUT2D eigenvalue weighted by Crippen LogP contribution is 2.42. The third kappa shape index (κ3) is 7.84. The van der Waals surface area contributed by atoms with Gasteiger partial charge in [-0.15, -0.1) is 0 Å². The van der Waals surface area contributed by atoms with Crippen LogP contribution in [0.15, 0.2) is 36.4 Å². The maximum absolute atomic E-state index is 14.6. The predicted octanol–water partition coefficient (Wildman–Crippen LogP) is 6.72. The molecule has 1 amide bonds. The van der Waals surface area contributed by atoms with Crippen LogP contribution in [0.3, 0.4) is 0 Å². The van der Waals surface area contributed by atoms with E-state index in [0.717, 1.165) is 56.4 Å². The van der Waals surface area contributed by atoms with Gasteiger partial charge in [0.15, 0.2) is 11.5 Å². The number of hydrogen-bond acceptors (Lipinski definition) is 5. The van der Waals surface area contributed by atoms with Gasteiger partial charge in [0, 0.05) is 35.1 Å². The largest absolute Gasteiger partial charge is 0.490 e. The molecule has 3 aliphatic rings. The zero-order chi connectivity index (χ0) is 30.2. The normalized spacial score (nSPS) is 22.5. The van der Waals surface area contributed by atoms with Gasteiger partial charge >= 0.3 is 0 Å². The molecular formula is C35H49ClFN3O3. The van der Waals surface area contributed by atoms with Crippen LogP contribution in [-0.2, 0) is 16.6 Å². The first-order valence-electron chi connectivity index (χ1n) is 16.5. The van der Waals surface area contributed by atoms with E-state index in [4.69, 9.17) is 21.1 Å². The lowest BCUT2D eigenvalue weighted by Crippen LogP contribution is -2.51. The number of ether oxygens (including phenoxy) is 2. The molecular weight excluding hydrogens is 565 g/mol. The molecule has 1 atom stereocenters. The van der Waals surface area contributed by atoms with E-state index in [2.05, 4.69) is 21.9 Å². The Labute approximate surface area is 262 Å². The molecule has 2 aromatic rings. The molecule has 1 unspecified atom stereocenters. The second kappa shape index (κ2) is 15.1. The maximum Gasteiger partial charge on any atom is 0.227 e. The van der Waals surface area contributed by atoms with Gasteiger partial charge in [-0.05, 0) is 121 Å². The zero-order valence-corrected chi connectivity index (χ0v) is 26.8. The van der Waals surface area contributed by atoms with Gasteiger partial charge in [0.05, 0.1) is 19.6 Å². The van der Waals surface area contributed by atoms with Gasteiger partial charge in [-0.2, -0.15) is 0 Å². The Kier molecular flexibility index (Phi) is 11.2. The fourth-order valence-corrected chi connectivity index (χ4v) is 7.67. The van der Waals surface area contributed by atoms with Crippen molar-refractivity contribution in [2.45, 2.75) is 83.1 Å². The van der Waals surface area contributed by atoms with Crippen molar-refractivity contribution in [2.24, 2.45) is 0 Å². The fourth-order valence-electron chi connectivity index (χ4n) is 7.44. The van der Waals surface area contributed by atoms with Gasteiger partial charge in [0.25, 0.3) is 0 Å². The van der Waals surface area contributed by atoms with Crippen LogP contribution < -0.4 is 9.47 Å². The molecule has 3 aliphatic heterocycles. The van der Waals surface area contributed by atoms with E-state index < -0.39 is 5.82 Å². The first-order chi connectivity index (χ1) is 20.9. The third-order valence-corrected chi connectivity index (χ3v) is 10.2. The minimum atomic E-state index is -0.426. The summed E-state index contributed by atoms with van der Waals surface area (Å²) in [5, 5.41) is 0.303. The smallest absolute Gasteiger partial charge is 0.227 e. The van der Waals surface area contributed by atoms with E-state index in [1.54, 1.807) is 12.1 Å². The molecule has 0 aliphatic carbocycles. The molecule has 0 saturated carbocycles. The lowest BCUT2D eigenvalue weighted by atomic mass is 9.71. The van der Waals surface area contributed by atoms with Crippen molar-refractivity contribution in [1.82, 2.24) is 14.7 Å². The molecule has 43 heavy (non-hydrogen) atoms. The molecule has 3 fully saturated rings. The Morgan fingerprint density at radius 1 is 0.953 bits per heavy atom. The summed E-state index contributed by atoms with van der Waals surface area (Å²) in [6, 6.07) is 11.6. The Morgan fingerprint density at radius 2 is 1.70 bits per heavy atom. The van der Waals surface area contributed by atoms with Gasteiger partial charge in [-0.1, -0.05) is 30.2 Å². The van der Waals surface area contributed by atoms with Crippen LogP contribution in [0, 0.1) is 5.82 Å². The van der Waals surface area contributed by atoms with Crippen LogP contribution in [0.25, 0.3) is 0 Å². The summed E-state index contributed by atoms with van der Waals surface area (Å²) in [6.07, 6.45) is 9.33. The minimum Gasteiger partial charge on any atom is -0.490 e. The number of halogens is 2. The molecule has 236 valence electrons. The summed E-state index contributed by atoms with van der Waals surface area (Å²) in [6.45, 7) is 12.1. The summed E-state index contributed by atoms with van der Waals surface area (Å²) in [4.78, 5) is 20.9. The highest BCUT2D eigenvalue weighted by atomic mass is 35.5. The topological polar surface area (TPSA) is 45.2 Å². The van der Waals surface area contributed by atoms with Crippen molar-refractivity contribution in [1.29, 1.82) is 0 Å². The van der Waals surface area contributed by atoms with Crippen LogP contribution in [0.5, 0.6) is 11.5 Å². The Balaban J connectivity index is 1.34. The number of piperidine rings is 3. The van der Waals surface area contributed by atoms with Crippen molar-refractivity contribution in [3.8, 4) is 11.5 Å². The highest BCUT2D eigenvalue weighted by molar-refractivity contribution is 6.31. The molecule has 0 radical (unpaired) electrons. The zero-order valence-electron chi connectivity index (χ0n) is 26.1. The molecule has 0 bridgehead atoms. The number of nitrogens with zero attached hydrogens (tertiary/aromatic N) is 3. The van der Waals surface area contributed by atoms with Gasteiger partial charge < -0.3 is 24.2 Å². The van der Waals surface area contributed by atoms with Gasteiger partial charge in [-0.25, -0.2) is 4.39 Å². The molecule has 8 heteroatoms. The number of carbonyl (C=O) groups is 1. The van der Waals surface area contributed by atoms with Crippen molar-refractivity contribution < 1.29 is 18.7 Å². The molecule has 3 saturated heterocycles. The average molecular weight is 614 g/mol. The Hall–Kier alpha value is -2.35. The summed E-state index contributed by atoms with van der Waals surface area (Å²) in [5.41, 5.74) is 1.23. The Morgan fingerprint density at radius 3 is 2.42 bits per heavy atom. The second-order valence-corrected chi connectivity index (χ2v) is 12.9. The average Bonchev–Trinajstić information content (AvgIpc) is 3.03. The van der Waals surface area contributed by atoms with E-state index in [9.17, 15) is 9.18 Å². The summed E-state index contributed by atoms with van der Waals surface area (Å²) >= 11 is 6.30. The molecule has 0 N–H and O–H groups in total. The predicted molar refractivity (Wildman–Crippen MR) is 171 cm³/mol. The van der Waals surface area contributed by atoms with E-state index in [-0.39, 0.29) is 23.3 Å². The molecule has 0 aromatic heterocycles. The van der Waals surface area contributed by atoms with Crippen LogP contribution >= 0.6 is 11.6 Å². The Bertz CT molecular complexity index is 1190. The third-order valence-electron chi connectivity index (χ3n) is 9.85. The van der Waals surface area contributed by atoms with Crippen LogP contribution in [0.1, 0.15) is 76.3 Å². The van der Waals surface area contributed by atoms with Crippen molar-refractivity contribution in [2.75, 3.05) is 59.0 Å². The lowest BCUT2D eigenvalue weighted by molar-refractivity contribution is -0.133. The SMILES string of the molecule is CCOc1ccc(C2(CCN3CCC(N4CCCCC4)CC3)CCCN(C(=O)Cc3c(F)cccc3Cl)C2)cc1OCC. The second-order valence-electron chi connectivity index (χ2n) is 12.5. The molecule has 6 nitrogen and oxygen atoms in total.